The number of nitrogens with two attached hydrogens (primary N) is 1. The highest BCUT2D eigenvalue weighted by atomic mass is 35.5. The Bertz CT molecular complexity index is 459. The summed E-state index contributed by atoms with van der Waals surface area (Å²) in [6.45, 7) is 1.46. The highest BCUT2D eigenvalue weighted by Crippen LogP contribution is 2.27. The lowest BCUT2D eigenvalue weighted by Crippen LogP contribution is -2.45. The van der Waals surface area contributed by atoms with Gasteiger partial charge in [0.1, 0.15) is 5.02 Å². The summed E-state index contributed by atoms with van der Waals surface area (Å²) >= 11 is 6.10. The van der Waals surface area contributed by atoms with E-state index < -0.39 is 0 Å². The fourth-order valence-corrected chi connectivity index (χ4v) is 2.54. The van der Waals surface area contributed by atoms with Gasteiger partial charge in [-0.15, -0.1) is 0 Å². The molecule has 94 valence electrons. The molecule has 6 heteroatoms. The molecular weight excluding hydrogens is 240 g/mol. The van der Waals surface area contributed by atoms with E-state index in [1.54, 1.807) is 13.2 Å². The van der Waals surface area contributed by atoms with Crippen molar-refractivity contribution in [3.63, 3.8) is 0 Å². The molecule has 1 aliphatic heterocycles. The van der Waals surface area contributed by atoms with Crippen molar-refractivity contribution in [1.29, 1.82) is 0 Å². The van der Waals surface area contributed by atoms with Gasteiger partial charge in [0.15, 0.2) is 0 Å². The van der Waals surface area contributed by atoms with Gasteiger partial charge in [0, 0.05) is 26.2 Å². The van der Waals surface area contributed by atoms with Gasteiger partial charge in [0.2, 0.25) is 0 Å². The molecule has 1 unspecified atom stereocenters. The molecule has 1 saturated heterocycles. The summed E-state index contributed by atoms with van der Waals surface area (Å²) in [6, 6.07) is 0.259. The largest absolute Gasteiger partial charge is 0.365 e. The summed E-state index contributed by atoms with van der Waals surface area (Å²) in [5, 5.41) is 4.26. The first-order valence-corrected chi connectivity index (χ1v) is 6.21. The number of hydrogen-bond donors (Lipinski definition) is 1. The van der Waals surface area contributed by atoms with Crippen molar-refractivity contribution in [3.05, 3.63) is 21.6 Å². The quantitative estimate of drug-likeness (QED) is 0.848. The van der Waals surface area contributed by atoms with Crippen LogP contribution in [-0.2, 0) is 7.05 Å². The molecule has 0 aliphatic carbocycles. The molecule has 0 aromatic carbocycles. The van der Waals surface area contributed by atoms with Crippen LogP contribution in [0.1, 0.15) is 19.3 Å². The van der Waals surface area contributed by atoms with Crippen LogP contribution in [0.4, 0.5) is 5.69 Å². The van der Waals surface area contributed by atoms with Crippen molar-refractivity contribution in [3.8, 4) is 0 Å². The highest BCUT2D eigenvalue weighted by molar-refractivity contribution is 6.33. The Morgan fingerprint density at radius 2 is 2.35 bits per heavy atom. The van der Waals surface area contributed by atoms with Gasteiger partial charge in [-0.3, -0.25) is 4.79 Å². The number of aromatic nitrogens is 2. The van der Waals surface area contributed by atoms with Crippen LogP contribution < -0.4 is 16.2 Å². The SMILES string of the molecule is Cn1ncc(N2CCCCC2CN)c(Cl)c1=O. The maximum atomic E-state index is 11.7. The lowest BCUT2D eigenvalue weighted by molar-refractivity contribution is 0.464. The number of anilines is 1. The topological polar surface area (TPSA) is 64.2 Å². The maximum absolute atomic E-state index is 11.7. The Hall–Kier alpha value is -1.07. The van der Waals surface area contributed by atoms with Crippen molar-refractivity contribution < 1.29 is 0 Å². The summed E-state index contributed by atoms with van der Waals surface area (Å²) in [4.78, 5) is 13.8. The van der Waals surface area contributed by atoms with E-state index in [1.807, 2.05) is 0 Å². The first-order valence-electron chi connectivity index (χ1n) is 5.83. The normalized spacial score (nSPS) is 20.6. The molecule has 0 saturated carbocycles. The first-order chi connectivity index (χ1) is 8.15. The third kappa shape index (κ3) is 2.30. The zero-order valence-electron chi connectivity index (χ0n) is 9.90. The molecule has 0 amide bonds. The fraction of sp³-hybridized carbons (Fsp3) is 0.636. The van der Waals surface area contributed by atoms with Crippen LogP contribution in [0.2, 0.25) is 5.02 Å². The number of rotatable bonds is 2. The predicted octanol–water partition coefficient (Wildman–Crippen LogP) is 0.751. The fourth-order valence-electron chi connectivity index (χ4n) is 2.27. The van der Waals surface area contributed by atoms with E-state index >= 15 is 0 Å². The van der Waals surface area contributed by atoms with E-state index in [4.69, 9.17) is 17.3 Å². The molecule has 0 bridgehead atoms. The standard InChI is InChI=1S/C11H17ClN4O/c1-15-11(17)10(12)9(7-14-15)16-5-3-2-4-8(16)6-13/h7-8H,2-6,13H2,1H3. The lowest BCUT2D eigenvalue weighted by atomic mass is 10.0. The van der Waals surface area contributed by atoms with Gasteiger partial charge in [-0.2, -0.15) is 5.10 Å². The minimum Gasteiger partial charge on any atom is -0.365 e. The summed E-state index contributed by atoms with van der Waals surface area (Å²) in [6.07, 6.45) is 4.97. The monoisotopic (exact) mass is 256 g/mol. The second kappa shape index (κ2) is 5.06. The third-order valence-electron chi connectivity index (χ3n) is 3.27. The predicted molar refractivity (Wildman–Crippen MR) is 68.5 cm³/mol. The maximum Gasteiger partial charge on any atom is 0.287 e. The average molecular weight is 257 g/mol. The van der Waals surface area contributed by atoms with Crippen molar-refractivity contribution in [2.75, 3.05) is 18.0 Å². The molecule has 0 radical (unpaired) electrons. The van der Waals surface area contributed by atoms with Gasteiger partial charge >= 0.3 is 0 Å². The number of aryl methyl sites for hydroxylation is 1. The summed E-state index contributed by atoms with van der Waals surface area (Å²) in [7, 11) is 1.59. The Kier molecular flexibility index (Phi) is 3.69. The van der Waals surface area contributed by atoms with Crippen LogP contribution >= 0.6 is 11.6 Å². The van der Waals surface area contributed by atoms with E-state index in [0.717, 1.165) is 19.4 Å². The van der Waals surface area contributed by atoms with E-state index in [0.29, 0.717) is 12.2 Å². The van der Waals surface area contributed by atoms with E-state index in [1.165, 1.54) is 11.1 Å². The molecule has 1 fully saturated rings. The molecule has 1 aliphatic rings. The zero-order chi connectivity index (χ0) is 12.4. The van der Waals surface area contributed by atoms with Crippen LogP contribution in [0, 0.1) is 0 Å². The van der Waals surface area contributed by atoms with Gasteiger partial charge in [0.25, 0.3) is 5.56 Å². The van der Waals surface area contributed by atoms with Crippen molar-refractivity contribution in [1.82, 2.24) is 9.78 Å². The lowest BCUT2D eigenvalue weighted by Gasteiger charge is -2.36. The number of hydrogen-bond acceptors (Lipinski definition) is 4. The molecule has 1 atom stereocenters. The molecule has 5 nitrogen and oxygen atoms in total. The van der Waals surface area contributed by atoms with Crippen molar-refractivity contribution in [2.45, 2.75) is 25.3 Å². The minimum absolute atomic E-state index is 0.239. The highest BCUT2D eigenvalue weighted by Gasteiger charge is 2.24. The Morgan fingerprint density at radius 1 is 1.59 bits per heavy atom. The van der Waals surface area contributed by atoms with Crippen LogP contribution in [-0.4, -0.2) is 28.9 Å². The average Bonchev–Trinajstić information content (AvgIpc) is 2.36. The zero-order valence-corrected chi connectivity index (χ0v) is 10.7. The Labute approximate surface area is 105 Å². The van der Waals surface area contributed by atoms with Crippen molar-refractivity contribution in [2.24, 2.45) is 12.8 Å². The molecule has 17 heavy (non-hydrogen) atoms. The smallest absolute Gasteiger partial charge is 0.287 e. The van der Waals surface area contributed by atoms with Gasteiger partial charge < -0.3 is 10.6 Å². The Balaban J connectivity index is 2.38. The molecule has 2 rings (SSSR count). The second-order valence-corrected chi connectivity index (χ2v) is 4.73. The van der Waals surface area contributed by atoms with Gasteiger partial charge in [-0.25, -0.2) is 4.68 Å². The van der Waals surface area contributed by atoms with Crippen LogP contribution in [0.15, 0.2) is 11.0 Å². The van der Waals surface area contributed by atoms with Crippen LogP contribution in [0.5, 0.6) is 0 Å². The van der Waals surface area contributed by atoms with Crippen LogP contribution in [0.3, 0.4) is 0 Å². The van der Waals surface area contributed by atoms with Crippen molar-refractivity contribution >= 4 is 17.3 Å². The molecule has 2 N–H and O–H groups in total. The van der Waals surface area contributed by atoms with Gasteiger partial charge in [-0.05, 0) is 19.3 Å². The van der Waals surface area contributed by atoms with Gasteiger partial charge in [0.05, 0.1) is 11.9 Å². The van der Waals surface area contributed by atoms with Gasteiger partial charge in [-0.1, -0.05) is 11.6 Å². The van der Waals surface area contributed by atoms with Crippen LogP contribution in [0.25, 0.3) is 0 Å². The summed E-state index contributed by atoms with van der Waals surface area (Å²) < 4.78 is 1.24. The van der Waals surface area contributed by atoms with E-state index in [-0.39, 0.29) is 16.6 Å². The molecule has 1 aromatic heterocycles. The molecule has 0 spiro atoms. The summed E-state index contributed by atoms with van der Waals surface area (Å²) in [5.41, 5.74) is 6.21. The second-order valence-electron chi connectivity index (χ2n) is 4.35. The van der Waals surface area contributed by atoms with E-state index in [9.17, 15) is 4.79 Å². The summed E-state index contributed by atoms with van der Waals surface area (Å²) in [5.74, 6) is 0. The number of nitrogens with zero attached hydrogens (tertiary/aromatic N) is 3. The first kappa shape index (κ1) is 12.4. The molecular formula is C11H17ClN4O. The molecule has 1 aromatic rings. The minimum atomic E-state index is -0.259. The Morgan fingerprint density at radius 3 is 3.06 bits per heavy atom. The van der Waals surface area contributed by atoms with E-state index in [2.05, 4.69) is 10.00 Å². The third-order valence-corrected chi connectivity index (χ3v) is 3.62. The molecule has 2 heterocycles. The number of piperidine rings is 1. The number of halogens is 1.